The summed E-state index contributed by atoms with van der Waals surface area (Å²) < 4.78 is 5.06. The van der Waals surface area contributed by atoms with Crippen LogP contribution in [0.15, 0.2) is 0 Å². The average Bonchev–Trinajstić information content (AvgIpc) is 2.86. The van der Waals surface area contributed by atoms with Crippen LogP contribution in [0.2, 0.25) is 0 Å². The summed E-state index contributed by atoms with van der Waals surface area (Å²) in [6.45, 7) is 3.54. The van der Waals surface area contributed by atoms with Crippen molar-refractivity contribution in [1.82, 2.24) is 5.32 Å². The van der Waals surface area contributed by atoms with E-state index in [9.17, 15) is 5.11 Å². The normalized spacial score (nSPS) is 22.2. The van der Waals surface area contributed by atoms with E-state index >= 15 is 0 Å². The number of methoxy groups -OCH3 is 1. The molecule has 0 radical (unpaired) electrons. The van der Waals surface area contributed by atoms with Gasteiger partial charge in [0.1, 0.15) is 0 Å². The first-order valence-corrected chi connectivity index (χ1v) is 4.65. The Morgan fingerprint density at radius 2 is 2.17 bits per heavy atom. The van der Waals surface area contributed by atoms with Crippen LogP contribution in [0.5, 0.6) is 0 Å². The maximum absolute atomic E-state index is 9.47. The molecule has 0 heterocycles. The van der Waals surface area contributed by atoms with E-state index in [0.29, 0.717) is 12.5 Å². The first kappa shape index (κ1) is 9.96. The first-order valence-electron chi connectivity index (χ1n) is 4.65. The van der Waals surface area contributed by atoms with E-state index in [4.69, 9.17) is 4.74 Å². The third kappa shape index (κ3) is 3.52. The summed E-state index contributed by atoms with van der Waals surface area (Å²) >= 11 is 0. The fourth-order valence-electron chi connectivity index (χ4n) is 1.17. The van der Waals surface area contributed by atoms with Gasteiger partial charge in [0.05, 0.1) is 12.2 Å². The largest absolute Gasteiger partial charge is 0.392 e. The summed E-state index contributed by atoms with van der Waals surface area (Å²) in [7, 11) is 1.70. The van der Waals surface area contributed by atoms with Crippen molar-refractivity contribution in [2.45, 2.75) is 32.0 Å². The third-order valence-corrected chi connectivity index (χ3v) is 2.35. The lowest BCUT2D eigenvalue weighted by Gasteiger charge is -2.13. The van der Waals surface area contributed by atoms with Gasteiger partial charge in [-0.05, 0) is 25.7 Å². The minimum absolute atomic E-state index is 0.144. The molecule has 1 saturated carbocycles. The molecule has 72 valence electrons. The number of nitrogens with one attached hydrogen (secondary N) is 1. The molecular formula is C9H19NO2. The second-order valence-corrected chi connectivity index (χ2v) is 3.61. The minimum Gasteiger partial charge on any atom is -0.392 e. The van der Waals surface area contributed by atoms with Crippen LogP contribution < -0.4 is 5.32 Å². The van der Waals surface area contributed by atoms with Crippen LogP contribution in [0.1, 0.15) is 19.8 Å². The Morgan fingerprint density at radius 3 is 2.67 bits per heavy atom. The number of hydrogen-bond donors (Lipinski definition) is 2. The van der Waals surface area contributed by atoms with Gasteiger partial charge in [0.15, 0.2) is 0 Å². The Hall–Kier alpha value is -0.120. The lowest BCUT2D eigenvalue weighted by atomic mass is 10.2. The van der Waals surface area contributed by atoms with E-state index in [1.54, 1.807) is 7.11 Å². The van der Waals surface area contributed by atoms with Crippen LogP contribution in [0, 0.1) is 5.92 Å². The van der Waals surface area contributed by atoms with Crippen molar-refractivity contribution in [3.05, 3.63) is 0 Å². The molecular weight excluding hydrogens is 154 g/mol. The number of rotatable bonds is 6. The summed E-state index contributed by atoms with van der Waals surface area (Å²) in [6, 6.07) is 0. The number of aliphatic hydroxyl groups excluding tert-OH is 1. The maximum Gasteiger partial charge on any atom is 0.0692 e. The van der Waals surface area contributed by atoms with E-state index in [1.807, 2.05) is 6.92 Å². The lowest BCUT2D eigenvalue weighted by molar-refractivity contribution is 0.105. The van der Waals surface area contributed by atoms with Crippen molar-refractivity contribution < 1.29 is 9.84 Å². The predicted molar refractivity (Wildman–Crippen MR) is 48.1 cm³/mol. The van der Waals surface area contributed by atoms with Gasteiger partial charge in [-0.2, -0.15) is 0 Å². The molecule has 0 aromatic heterocycles. The van der Waals surface area contributed by atoms with Crippen molar-refractivity contribution >= 4 is 0 Å². The summed E-state index contributed by atoms with van der Waals surface area (Å²) in [5.41, 5.74) is 0. The zero-order chi connectivity index (χ0) is 8.97. The Balaban J connectivity index is 1.93. The van der Waals surface area contributed by atoms with Gasteiger partial charge in [0, 0.05) is 20.2 Å². The molecule has 0 amide bonds. The summed E-state index contributed by atoms with van der Waals surface area (Å²) in [5, 5.41) is 12.7. The lowest BCUT2D eigenvalue weighted by Crippen LogP contribution is -2.33. The Bertz CT molecular complexity index is 126. The van der Waals surface area contributed by atoms with E-state index < -0.39 is 0 Å². The zero-order valence-corrected chi connectivity index (χ0v) is 7.92. The summed E-state index contributed by atoms with van der Waals surface area (Å²) in [4.78, 5) is 0. The van der Waals surface area contributed by atoms with Crippen molar-refractivity contribution in [2.24, 2.45) is 5.92 Å². The Labute approximate surface area is 74.1 Å². The molecule has 0 saturated heterocycles. The van der Waals surface area contributed by atoms with Crippen LogP contribution in [0.25, 0.3) is 0 Å². The molecule has 1 aliphatic carbocycles. The molecule has 3 nitrogen and oxygen atoms in total. The summed E-state index contributed by atoms with van der Waals surface area (Å²) in [6.07, 6.45) is 2.48. The molecule has 1 rings (SSSR count). The number of aliphatic hydroxyl groups is 1. The zero-order valence-electron chi connectivity index (χ0n) is 7.92. The standard InChI is InChI=1S/C9H19NO2/c1-7(12-2)5-10-6-9(11)8-3-4-8/h7-11H,3-6H2,1-2H3. The average molecular weight is 173 g/mol. The monoisotopic (exact) mass is 173 g/mol. The smallest absolute Gasteiger partial charge is 0.0692 e. The number of ether oxygens (including phenoxy) is 1. The fraction of sp³-hybridized carbons (Fsp3) is 1.00. The van der Waals surface area contributed by atoms with Crippen molar-refractivity contribution in [3.8, 4) is 0 Å². The molecule has 0 spiro atoms. The minimum atomic E-state index is -0.144. The van der Waals surface area contributed by atoms with Crippen LogP contribution in [-0.2, 0) is 4.74 Å². The van der Waals surface area contributed by atoms with Crippen molar-refractivity contribution in [3.63, 3.8) is 0 Å². The fourth-order valence-corrected chi connectivity index (χ4v) is 1.17. The van der Waals surface area contributed by atoms with Gasteiger partial charge in [-0.25, -0.2) is 0 Å². The predicted octanol–water partition coefficient (Wildman–Crippen LogP) is 0.382. The topological polar surface area (TPSA) is 41.5 Å². The van der Waals surface area contributed by atoms with Gasteiger partial charge < -0.3 is 15.2 Å². The quantitative estimate of drug-likeness (QED) is 0.610. The van der Waals surface area contributed by atoms with Gasteiger partial charge >= 0.3 is 0 Å². The van der Waals surface area contributed by atoms with Gasteiger partial charge in [-0.15, -0.1) is 0 Å². The summed E-state index contributed by atoms with van der Waals surface area (Å²) in [5.74, 6) is 0.565. The van der Waals surface area contributed by atoms with E-state index in [0.717, 1.165) is 6.54 Å². The molecule has 12 heavy (non-hydrogen) atoms. The van der Waals surface area contributed by atoms with Crippen molar-refractivity contribution in [1.29, 1.82) is 0 Å². The molecule has 0 aliphatic heterocycles. The van der Waals surface area contributed by atoms with E-state index in [-0.39, 0.29) is 12.2 Å². The highest BCUT2D eigenvalue weighted by Crippen LogP contribution is 2.32. The molecule has 1 fully saturated rings. The molecule has 2 N–H and O–H groups in total. The SMILES string of the molecule is COC(C)CNCC(O)C1CC1. The van der Waals surface area contributed by atoms with Crippen LogP contribution in [-0.4, -0.2) is 37.5 Å². The maximum atomic E-state index is 9.47. The van der Waals surface area contributed by atoms with Crippen molar-refractivity contribution in [2.75, 3.05) is 20.2 Å². The molecule has 1 aliphatic rings. The molecule has 3 heteroatoms. The molecule has 0 aromatic carbocycles. The van der Waals surface area contributed by atoms with Gasteiger partial charge in [-0.1, -0.05) is 0 Å². The van der Waals surface area contributed by atoms with Crippen LogP contribution in [0.4, 0.5) is 0 Å². The second kappa shape index (κ2) is 4.80. The number of hydrogen-bond acceptors (Lipinski definition) is 3. The molecule has 0 aromatic rings. The highest BCUT2D eigenvalue weighted by molar-refractivity contribution is 4.82. The second-order valence-electron chi connectivity index (χ2n) is 3.61. The van der Waals surface area contributed by atoms with E-state index in [2.05, 4.69) is 5.32 Å². The highest BCUT2D eigenvalue weighted by Gasteiger charge is 2.29. The van der Waals surface area contributed by atoms with E-state index in [1.165, 1.54) is 12.8 Å². The third-order valence-electron chi connectivity index (χ3n) is 2.35. The van der Waals surface area contributed by atoms with Gasteiger partial charge in [0.2, 0.25) is 0 Å². The Kier molecular flexibility index (Phi) is 3.98. The van der Waals surface area contributed by atoms with Crippen LogP contribution in [0.3, 0.4) is 0 Å². The molecule has 0 bridgehead atoms. The Morgan fingerprint density at radius 1 is 1.50 bits per heavy atom. The first-order chi connectivity index (χ1) is 5.74. The highest BCUT2D eigenvalue weighted by atomic mass is 16.5. The molecule has 2 unspecified atom stereocenters. The van der Waals surface area contributed by atoms with Gasteiger partial charge in [-0.3, -0.25) is 0 Å². The molecule has 2 atom stereocenters. The van der Waals surface area contributed by atoms with Crippen LogP contribution >= 0.6 is 0 Å². The van der Waals surface area contributed by atoms with Gasteiger partial charge in [0.25, 0.3) is 0 Å².